The second-order valence-electron chi connectivity index (χ2n) is 2.60. The molecule has 1 aromatic carbocycles. The minimum Gasteiger partial charge on any atom is -0.307 e. The number of hydrogen-bond acceptors (Lipinski definition) is 2. The maximum Gasteiger partial charge on any atom is 0.326 e. The maximum atomic E-state index is 11.2. The van der Waals surface area contributed by atoms with Crippen molar-refractivity contribution in [1.82, 2.24) is 9.97 Å². The van der Waals surface area contributed by atoms with Crippen molar-refractivity contribution in [3.8, 4) is 0 Å². The lowest BCUT2D eigenvalue weighted by Gasteiger charge is -1.95. The number of aromatic nitrogens is 2. The number of benzene rings is 1. The van der Waals surface area contributed by atoms with E-state index in [-0.39, 0.29) is 12.4 Å². The van der Waals surface area contributed by atoms with E-state index in [0.29, 0.717) is 15.9 Å². The predicted octanol–water partition coefficient (Wildman–Crippen LogP) is 1.29. The Morgan fingerprint density at radius 1 is 1.14 bits per heavy atom. The zero-order chi connectivity index (χ0) is 9.42. The smallest absolute Gasteiger partial charge is 0.307 e. The van der Waals surface area contributed by atoms with Gasteiger partial charge in [-0.1, -0.05) is 11.6 Å². The van der Waals surface area contributed by atoms with Crippen LogP contribution in [0.1, 0.15) is 0 Å². The van der Waals surface area contributed by atoms with Crippen molar-refractivity contribution in [3.05, 3.63) is 44.1 Å². The van der Waals surface area contributed by atoms with Crippen LogP contribution in [0.5, 0.6) is 0 Å². The van der Waals surface area contributed by atoms with Crippen molar-refractivity contribution in [1.29, 1.82) is 0 Å². The number of fused-ring (bicyclic) bond motifs is 1. The highest BCUT2D eigenvalue weighted by molar-refractivity contribution is 6.31. The third-order valence-electron chi connectivity index (χ3n) is 1.70. The molecule has 0 saturated heterocycles. The van der Waals surface area contributed by atoms with Crippen molar-refractivity contribution in [3.63, 3.8) is 0 Å². The van der Waals surface area contributed by atoms with Gasteiger partial charge < -0.3 is 4.98 Å². The predicted molar refractivity (Wildman–Crippen MR) is 57.4 cm³/mol. The first-order valence-corrected chi connectivity index (χ1v) is 3.96. The van der Waals surface area contributed by atoms with Crippen LogP contribution >= 0.6 is 24.0 Å². The van der Waals surface area contributed by atoms with E-state index < -0.39 is 11.2 Å². The largest absolute Gasteiger partial charge is 0.326 e. The van der Waals surface area contributed by atoms with E-state index in [4.69, 9.17) is 11.6 Å². The summed E-state index contributed by atoms with van der Waals surface area (Å²) < 4.78 is 0. The molecule has 14 heavy (non-hydrogen) atoms. The number of rotatable bonds is 0. The molecule has 2 N–H and O–H groups in total. The highest BCUT2D eigenvalue weighted by atomic mass is 35.5. The first kappa shape index (κ1) is 10.8. The van der Waals surface area contributed by atoms with Crippen LogP contribution in [0.2, 0.25) is 5.02 Å². The summed E-state index contributed by atoms with van der Waals surface area (Å²) in [4.78, 5) is 26.7. The Morgan fingerprint density at radius 3 is 2.57 bits per heavy atom. The molecule has 74 valence electrons. The molecule has 1 aromatic heterocycles. The molecule has 0 unspecified atom stereocenters. The molecule has 0 bridgehead atoms. The summed E-state index contributed by atoms with van der Waals surface area (Å²) in [6.07, 6.45) is 0. The van der Waals surface area contributed by atoms with Gasteiger partial charge in [-0.05, 0) is 18.2 Å². The van der Waals surface area contributed by atoms with Gasteiger partial charge in [-0.25, -0.2) is 4.79 Å². The van der Waals surface area contributed by atoms with Gasteiger partial charge in [0.1, 0.15) is 0 Å². The van der Waals surface area contributed by atoms with Gasteiger partial charge in [0.2, 0.25) is 0 Å². The molecule has 0 radical (unpaired) electrons. The van der Waals surface area contributed by atoms with Crippen LogP contribution in [0, 0.1) is 0 Å². The fourth-order valence-corrected chi connectivity index (χ4v) is 1.31. The lowest BCUT2D eigenvalue weighted by Crippen LogP contribution is -2.21. The van der Waals surface area contributed by atoms with Gasteiger partial charge in [0, 0.05) is 5.02 Å². The summed E-state index contributed by atoms with van der Waals surface area (Å²) in [5.41, 5.74) is -0.489. The third kappa shape index (κ3) is 1.81. The summed E-state index contributed by atoms with van der Waals surface area (Å²) in [5.74, 6) is 0. The van der Waals surface area contributed by atoms with Crippen molar-refractivity contribution in [2.45, 2.75) is 0 Å². The van der Waals surface area contributed by atoms with E-state index in [2.05, 4.69) is 9.97 Å². The van der Waals surface area contributed by atoms with Crippen LogP contribution in [0.25, 0.3) is 10.9 Å². The minimum absolute atomic E-state index is 0. The fourth-order valence-electron chi connectivity index (χ4n) is 1.14. The standard InChI is InChI=1S/C8H5ClN2O2.ClH/c9-4-1-2-5-6(3-4)10-8(13)11-7(5)12;/h1-3H,(H2,10,11,12,13);1H. The number of H-pyrrole nitrogens is 2. The molecule has 0 fully saturated rings. The summed E-state index contributed by atoms with van der Waals surface area (Å²) in [6, 6.07) is 4.69. The van der Waals surface area contributed by atoms with Crippen molar-refractivity contribution >= 4 is 34.9 Å². The normalized spacial score (nSPS) is 9.79. The molecule has 0 aliphatic rings. The second kappa shape index (κ2) is 3.86. The Balaban J connectivity index is 0.000000980. The Kier molecular flexibility index (Phi) is 2.98. The summed E-state index contributed by atoms with van der Waals surface area (Å²) in [5, 5.41) is 0.901. The Morgan fingerprint density at radius 2 is 1.86 bits per heavy atom. The van der Waals surface area contributed by atoms with E-state index >= 15 is 0 Å². The quantitative estimate of drug-likeness (QED) is 0.719. The monoisotopic (exact) mass is 232 g/mol. The highest BCUT2D eigenvalue weighted by Crippen LogP contribution is 2.12. The molecule has 4 nitrogen and oxygen atoms in total. The van der Waals surface area contributed by atoms with Gasteiger partial charge in [0.05, 0.1) is 10.9 Å². The second-order valence-corrected chi connectivity index (χ2v) is 3.03. The van der Waals surface area contributed by atoms with Crippen LogP contribution in [0.3, 0.4) is 0 Å². The van der Waals surface area contributed by atoms with Crippen LogP contribution in [-0.4, -0.2) is 9.97 Å². The molecule has 0 aliphatic carbocycles. The van der Waals surface area contributed by atoms with Crippen LogP contribution in [0.15, 0.2) is 27.8 Å². The third-order valence-corrected chi connectivity index (χ3v) is 1.94. The summed E-state index contributed by atoms with van der Waals surface area (Å²) in [7, 11) is 0. The lowest BCUT2D eigenvalue weighted by molar-refractivity contribution is 1.08. The van der Waals surface area contributed by atoms with Crippen LogP contribution < -0.4 is 11.2 Å². The first-order chi connectivity index (χ1) is 6.16. The molecule has 2 rings (SSSR count). The summed E-state index contributed by atoms with van der Waals surface area (Å²) in [6.45, 7) is 0. The van der Waals surface area contributed by atoms with Crippen molar-refractivity contribution in [2.75, 3.05) is 0 Å². The zero-order valence-electron chi connectivity index (χ0n) is 6.83. The van der Waals surface area contributed by atoms with Gasteiger partial charge in [-0.3, -0.25) is 9.78 Å². The fraction of sp³-hybridized carbons (Fsp3) is 0. The number of aromatic amines is 2. The van der Waals surface area contributed by atoms with Crippen molar-refractivity contribution < 1.29 is 0 Å². The number of hydrogen-bond donors (Lipinski definition) is 2. The van der Waals surface area contributed by atoms with E-state index in [1.54, 1.807) is 12.1 Å². The Bertz CT molecular complexity index is 573. The summed E-state index contributed by atoms with van der Waals surface area (Å²) >= 11 is 5.69. The molecule has 2 aromatic rings. The van der Waals surface area contributed by atoms with E-state index in [1.807, 2.05) is 0 Å². The SMILES string of the molecule is Cl.O=c1[nH]c(=O)c2ccc(Cl)cc2[nH]1. The molecule has 6 heteroatoms. The average Bonchev–Trinajstić information content (AvgIpc) is 2.02. The van der Waals surface area contributed by atoms with Gasteiger partial charge in [0.25, 0.3) is 5.56 Å². The Hall–Kier alpha value is -1.26. The topological polar surface area (TPSA) is 65.7 Å². The molecule has 0 saturated carbocycles. The average molecular weight is 233 g/mol. The molecular formula is C8H6Cl2N2O2. The van der Waals surface area contributed by atoms with Gasteiger partial charge in [-0.2, -0.15) is 0 Å². The number of nitrogens with one attached hydrogen (secondary N) is 2. The Labute approximate surface area is 89.3 Å². The van der Waals surface area contributed by atoms with Crippen LogP contribution in [-0.2, 0) is 0 Å². The molecule has 0 atom stereocenters. The minimum atomic E-state index is -0.528. The lowest BCUT2D eigenvalue weighted by atomic mass is 10.2. The molecule has 1 heterocycles. The van der Waals surface area contributed by atoms with Crippen LogP contribution in [0.4, 0.5) is 0 Å². The van der Waals surface area contributed by atoms with Gasteiger partial charge in [-0.15, -0.1) is 12.4 Å². The van der Waals surface area contributed by atoms with E-state index in [0.717, 1.165) is 0 Å². The molecular weight excluding hydrogens is 227 g/mol. The van der Waals surface area contributed by atoms with Crippen molar-refractivity contribution in [2.24, 2.45) is 0 Å². The van der Waals surface area contributed by atoms with Gasteiger partial charge >= 0.3 is 5.69 Å². The highest BCUT2D eigenvalue weighted by Gasteiger charge is 1.99. The molecule has 0 spiro atoms. The van der Waals surface area contributed by atoms with E-state index in [9.17, 15) is 9.59 Å². The zero-order valence-corrected chi connectivity index (χ0v) is 8.41. The maximum absolute atomic E-state index is 11.2. The number of halogens is 2. The first-order valence-electron chi connectivity index (χ1n) is 3.59. The van der Waals surface area contributed by atoms with E-state index in [1.165, 1.54) is 6.07 Å². The van der Waals surface area contributed by atoms with Gasteiger partial charge in [0.15, 0.2) is 0 Å². The molecule has 0 aliphatic heterocycles. The molecule has 0 amide bonds.